The maximum atomic E-state index is 11.6. The van der Waals surface area contributed by atoms with Gasteiger partial charge in [-0.15, -0.1) is 0 Å². The number of carbonyl (C=O) groups is 1. The van der Waals surface area contributed by atoms with E-state index in [4.69, 9.17) is 9.47 Å². The van der Waals surface area contributed by atoms with E-state index in [-0.39, 0.29) is 17.8 Å². The summed E-state index contributed by atoms with van der Waals surface area (Å²) in [4.78, 5) is 11.6. The van der Waals surface area contributed by atoms with E-state index in [1.54, 1.807) is 6.92 Å². The molecule has 0 amide bonds. The lowest BCUT2D eigenvalue weighted by molar-refractivity contribution is -0.273. The number of ether oxygens (including phenoxy) is 2. The highest BCUT2D eigenvalue weighted by Crippen LogP contribution is 2.55. The molecule has 1 N–H and O–H groups in total. The highest BCUT2D eigenvalue weighted by atomic mass is 16.7. The molecule has 0 spiro atoms. The van der Waals surface area contributed by atoms with Crippen molar-refractivity contribution in [3.8, 4) is 0 Å². The van der Waals surface area contributed by atoms with Gasteiger partial charge in [0.25, 0.3) is 0 Å². The Morgan fingerprint density at radius 2 is 2.36 bits per heavy atom. The van der Waals surface area contributed by atoms with Crippen LogP contribution in [0, 0.1) is 11.8 Å². The molecule has 0 aromatic heterocycles. The number of esters is 1. The van der Waals surface area contributed by atoms with Crippen LogP contribution in [0.4, 0.5) is 0 Å². The Labute approximate surface area is 81.5 Å². The molecule has 4 heteroatoms. The van der Waals surface area contributed by atoms with Crippen LogP contribution in [-0.2, 0) is 14.3 Å². The zero-order chi connectivity index (χ0) is 10.1. The van der Waals surface area contributed by atoms with Crippen LogP contribution in [0.5, 0.6) is 0 Å². The number of carbonyl (C=O) groups excluding carboxylic acids is 1. The van der Waals surface area contributed by atoms with Gasteiger partial charge < -0.3 is 14.6 Å². The SMILES string of the molecule is C=C1C2OC(=O)C3C1CC(O)C3(C)O2. The van der Waals surface area contributed by atoms with Gasteiger partial charge in [0.1, 0.15) is 5.60 Å². The summed E-state index contributed by atoms with van der Waals surface area (Å²) in [5.74, 6) is -0.581. The van der Waals surface area contributed by atoms with Crippen LogP contribution < -0.4 is 0 Å². The smallest absolute Gasteiger partial charge is 0.315 e. The number of hydrogen-bond donors (Lipinski definition) is 1. The van der Waals surface area contributed by atoms with Crippen LogP contribution in [0.2, 0.25) is 0 Å². The summed E-state index contributed by atoms with van der Waals surface area (Å²) in [6, 6.07) is 0. The summed E-state index contributed by atoms with van der Waals surface area (Å²) in [7, 11) is 0. The third-order valence-corrected chi connectivity index (χ3v) is 3.78. The molecule has 0 aromatic rings. The number of fused-ring (bicyclic) bond motifs is 1. The number of hydrogen-bond acceptors (Lipinski definition) is 4. The summed E-state index contributed by atoms with van der Waals surface area (Å²) in [5.41, 5.74) is 0.0369. The Morgan fingerprint density at radius 1 is 1.64 bits per heavy atom. The van der Waals surface area contributed by atoms with Gasteiger partial charge in [-0.25, -0.2) is 0 Å². The maximum Gasteiger partial charge on any atom is 0.315 e. The molecule has 5 unspecified atom stereocenters. The molecule has 4 bridgehead atoms. The molecular weight excluding hydrogens is 184 g/mol. The maximum absolute atomic E-state index is 11.6. The van der Waals surface area contributed by atoms with Gasteiger partial charge in [0.15, 0.2) is 0 Å². The lowest BCUT2D eigenvalue weighted by Gasteiger charge is -2.47. The van der Waals surface area contributed by atoms with E-state index in [0.717, 1.165) is 5.57 Å². The first kappa shape index (κ1) is 8.44. The second kappa shape index (κ2) is 2.20. The van der Waals surface area contributed by atoms with Crippen LogP contribution in [-0.4, -0.2) is 29.1 Å². The zero-order valence-electron chi connectivity index (χ0n) is 7.90. The lowest BCUT2D eigenvalue weighted by Crippen LogP contribution is -2.59. The summed E-state index contributed by atoms with van der Waals surface area (Å²) in [6.07, 6.45) is -0.669. The van der Waals surface area contributed by atoms with Crippen LogP contribution in [0.3, 0.4) is 0 Å². The minimum Gasteiger partial charge on any atom is -0.431 e. The Hall–Kier alpha value is -0.870. The van der Waals surface area contributed by atoms with Crippen molar-refractivity contribution in [1.82, 2.24) is 0 Å². The Kier molecular flexibility index (Phi) is 1.33. The summed E-state index contributed by atoms with van der Waals surface area (Å²) >= 11 is 0. The number of rotatable bonds is 0. The standard InChI is InChI=1S/C10H12O4/c1-4-5-3-6(11)10(2)7(5)8(12)13-9(4)14-10/h5-7,9,11H,1,3H2,2H3. The van der Waals surface area contributed by atoms with Crippen molar-refractivity contribution in [3.63, 3.8) is 0 Å². The molecule has 0 radical (unpaired) electrons. The van der Waals surface area contributed by atoms with Crippen LogP contribution in [0.25, 0.3) is 0 Å². The summed E-state index contributed by atoms with van der Waals surface area (Å²) in [5, 5.41) is 9.84. The monoisotopic (exact) mass is 196 g/mol. The first-order valence-corrected chi connectivity index (χ1v) is 4.79. The molecule has 14 heavy (non-hydrogen) atoms. The van der Waals surface area contributed by atoms with E-state index in [2.05, 4.69) is 6.58 Å². The normalized spacial score (nSPS) is 55.0. The Bertz CT molecular complexity index is 337. The molecule has 4 fully saturated rings. The van der Waals surface area contributed by atoms with Gasteiger partial charge in [0.2, 0.25) is 6.29 Å². The van der Waals surface area contributed by atoms with Crippen molar-refractivity contribution in [2.75, 3.05) is 0 Å². The minimum absolute atomic E-state index is 0.0370. The highest BCUT2D eigenvalue weighted by molar-refractivity contribution is 5.78. The molecule has 4 rings (SSSR count). The third-order valence-electron chi connectivity index (χ3n) is 3.78. The van der Waals surface area contributed by atoms with E-state index < -0.39 is 18.0 Å². The molecule has 1 saturated carbocycles. The van der Waals surface area contributed by atoms with Crippen molar-refractivity contribution >= 4 is 5.97 Å². The molecule has 76 valence electrons. The van der Waals surface area contributed by atoms with Crippen LogP contribution >= 0.6 is 0 Å². The average molecular weight is 196 g/mol. The summed E-state index contributed by atoms with van der Waals surface area (Å²) < 4.78 is 10.6. The van der Waals surface area contributed by atoms with Crippen molar-refractivity contribution in [2.24, 2.45) is 11.8 Å². The van der Waals surface area contributed by atoms with E-state index in [1.807, 2.05) is 0 Å². The predicted octanol–water partition coefficient (Wildman–Crippen LogP) is 0.211. The molecular formula is C10H12O4. The molecule has 4 nitrogen and oxygen atoms in total. The highest BCUT2D eigenvalue weighted by Gasteiger charge is 2.66. The lowest BCUT2D eigenvalue weighted by atomic mass is 9.78. The van der Waals surface area contributed by atoms with E-state index in [9.17, 15) is 9.90 Å². The second-order valence-corrected chi connectivity index (χ2v) is 4.48. The Balaban J connectivity index is 2.13. The van der Waals surface area contributed by atoms with Gasteiger partial charge in [-0.3, -0.25) is 4.79 Å². The molecule has 3 saturated heterocycles. The van der Waals surface area contributed by atoms with Crippen molar-refractivity contribution in [3.05, 3.63) is 12.2 Å². The van der Waals surface area contributed by atoms with Gasteiger partial charge in [-0.05, 0) is 18.9 Å². The fourth-order valence-corrected chi connectivity index (χ4v) is 2.89. The molecule has 3 aliphatic heterocycles. The van der Waals surface area contributed by atoms with Crippen molar-refractivity contribution < 1.29 is 19.4 Å². The minimum atomic E-state index is -0.758. The molecule has 1 aliphatic carbocycles. The average Bonchev–Trinajstić information content (AvgIpc) is 2.33. The molecule has 3 heterocycles. The fraction of sp³-hybridized carbons (Fsp3) is 0.700. The van der Waals surface area contributed by atoms with Gasteiger partial charge in [0.05, 0.1) is 12.0 Å². The molecule has 5 atom stereocenters. The number of aliphatic hydroxyl groups is 1. The van der Waals surface area contributed by atoms with E-state index in [1.165, 1.54) is 0 Å². The van der Waals surface area contributed by atoms with Crippen molar-refractivity contribution in [2.45, 2.75) is 31.3 Å². The topological polar surface area (TPSA) is 55.8 Å². The first-order chi connectivity index (χ1) is 6.54. The van der Waals surface area contributed by atoms with Gasteiger partial charge in [-0.1, -0.05) is 6.58 Å². The van der Waals surface area contributed by atoms with Crippen LogP contribution in [0.1, 0.15) is 13.3 Å². The van der Waals surface area contributed by atoms with Gasteiger partial charge in [-0.2, -0.15) is 0 Å². The quantitative estimate of drug-likeness (QED) is 0.444. The van der Waals surface area contributed by atoms with Gasteiger partial charge >= 0.3 is 5.97 Å². The van der Waals surface area contributed by atoms with Gasteiger partial charge in [0, 0.05) is 5.92 Å². The number of aliphatic hydroxyl groups excluding tert-OH is 1. The molecule has 4 aliphatic rings. The second-order valence-electron chi connectivity index (χ2n) is 4.48. The third kappa shape index (κ3) is 0.709. The first-order valence-electron chi connectivity index (χ1n) is 4.79. The predicted molar refractivity (Wildman–Crippen MR) is 46.1 cm³/mol. The zero-order valence-corrected chi connectivity index (χ0v) is 7.90. The summed E-state index contributed by atoms with van der Waals surface area (Å²) in [6.45, 7) is 5.64. The largest absolute Gasteiger partial charge is 0.431 e. The fourth-order valence-electron chi connectivity index (χ4n) is 2.89. The van der Waals surface area contributed by atoms with E-state index >= 15 is 0 Å². The van der Waals surface area contributed by atoms with Crippen LogP contribution in [0.15, 0.2) is 12.2 Å². The van der Waals surface area contributed by atoms with Crippen molar-refractivity contribution in [1.29, 1.82) is 0 Å². The molecule has 0 aromatic carbocycles. The Morgan fingerprint density at radius 3 is 3.00 bits per heavy atom. The van der Waals surface area contributed by atoms with E-state index in [0.29, 0.717) is 6.42 Å².